The van der Waals surface area contributed by atoms with Crippen molar-refractivity contribution in [1.29, 1.82) is 0 Å². The molecule has 2 aromatic heterocycles. The molecule has 0 aliphatic rings. The highest BCUT2D eigenvalue weighted by atomic mass is 32.1. The number of benzene rings is 1. The van der Waals surface area contributed by atoms with Gasteiger partial charge in [0, 0.05) is 17.0 Å². The van der Waals surface area contributed by atoms with Crippen molar-refractivity contribution in [1.82, 2.24) is 15.2 Å². The summed E-state index contributed by atoms with van der Waals surface area (Å²) in [5, 5.41) is 11.0. The van der Waals surface area contributed by atoms with E-state index in [-0.39, 0.29) is 11.3 Å². The highest BCUT2D eigenvalue weighted by Gasteiger charge is 2.11. The number of anilines is 1. The maximum absolute atomic E-state index is 12.1. The van der Waals surface area contributed by atoms with Crippen molar-refractivity contribution in [3.8, 4) is 11.3 Å². The van der Waals surface area contributed by atoms with Gasteiger partial charge in [-0.15, -0.1) is 11.3 Å². The summed E-state index contributed by atoms with van der Waals surface area (Å²) in [6.07, 6.45) is 3.45. The molecule has 0 aliphatic heterocycles. The molecule has 6 nitrogen and oxygen atoms in total. The maximum atomic E-state index is 12.1. The Morgan fingerprint density at radius 2 is 2.00 bits per heavy atom. The SMILES string of the molecule is CCCCc1ccc(-c2csc(NC(=O)c3ccc(=O)[nH]n3)n2)cc1. The zero-order chi connectivity index (χ0) is 17.6. The van der Waals surface area contributed by atoms with Crippen LogP contribution in [0.1, 0.15) is 35.8 Å². The van der Waals surface area contributed by atoms with Gasteiger partial charge in [0.2, 0.25) is 0 Å². The van der Waals surface area contributed by atoms with Gasteiger partial charge in [-0.3, -0.25) is 14.9 Å². The molecule has 2 N–H and O–H groups in total. The Kier molecular flexibility index (Phi) is 5.35. The average Bonchev–Trinajstić information content (AvgIpc) is 3.09. The van der Waals surface area contributed by atoms with Gasteiger partial charge in [0.1, 0.15) is 5.69 Å². The Balaban J connectivity index is 1.68. The number of H-pyrrole nitrogens is 1. The molecule has 0 spiro atoms. The van der Waals surface area contributed by atoms with Crippen LogP contribution >= 0.6 is 11.3 Å². The van der Waals surface area contributed by atoms with Gasteiger partial charge in [-0.2, -0.15) is 5.10 Å². The highest BCUT2D eigenvalue weighted by Crippen LogP contribution is 2.25. The number of aromatic nitrogens is 3. The Labute approximate surface area is 149 Å². The summed E-state index contributed by atoms with van der Waals surface area (Å²) < 4.78 is 0. The normalized spacial score (nSPS) is 10.6. The van der Waals surface area contributed by atoms with Gasteiger partial charge in [-0.25, -0.2) is 10.1 Å². The number of rotatable bonds is 6. The minimum Gasteiger partial charge on any atom is -0.296 e. The zero-order valence-corrected chi connectivity index (χ0v) is 14.6. The van der Waals surface area contributed by atoms with E-state index in [9.17, 15) is 9.59 Å². The van der Waals surface area contributed by atoms with Crippen molar-refractivity contribution in [2.45, 2.75) is 26.2 Å². The average molecular weight is 354 g/mol. The van der Waals surface area contributed by atoms with E-state index in [0.717, 1.165) is 17.7 Å². The minimum atomic E-state index is -0.410. The predicted molar refractivity (Wildman–Crippen MR) is 99.0 cm³/mol. The van der Waals surface area contributed by atoms with E-state index < -0.39 is 5.91 Å². The summed E-state index contributed by atoms with van der Waals surface area (Å²) in [5.74, 6) is -0.410. The number of hydrogen-bond donors (Lipinski definition) is 2. The van der Waals surface area contributed by atoms with Gasteiger partial charge in [0.05, 0.1) is 5.69 Å². The van der Waals surface area contributed by atoms with Crippen LogP contribution in [-0.4, -0.2) is 21.1 Å². The monoisotopic (exact) mass is 354 g/mol. The third kappa shape index (κ3) is 4.39. The van der Waals surface area contributed by atoms with Gasteiger partial charge < -0.3 is 0 Å². The van der Waals surface area contributed by atoms with Crippen LogP contribution in [0.2, 0.25) is 0 Å². The fourth-order valence-electron chi connectivity index (χ4n) is 2.32. The van der Waals surface area contributed by atoms with E-state index in [1.807, 2.05) is 5.38 Å². The molecule has 128 valence electrons. The Bertz CT molecular complexity index is 895. The smallest absolute Gasteiger partial charge is 0.277 e. The van der Waals surface area contributed by atoms with Gasteiger partial charge >= 0.3 is 0 Å². The molecule has 0 radical (unpaired) electrons. The minimum absolute atomic E-state index is 0.136. The summed E-state index contributed by atoms with van der Waals surface area (Å²) in [5.41, 5.74) is 2.93. The van der Waals surface area contributed by atoms with E-state index in [1.54, 1.807) is 0 Å². The van der Waals surface area contributed by atoms with Crippen LogP contribution in [0, 0.1) is 0 Å². The zero-order valence-electron chi connectivity index (χ0n) is 13.8. The van der Waals surface area contributed by atoms with Crippen molar-refractivity contribution in [2.24, 2.45) is 0 Å². The molecule has 0 unspecified atom stereocenters. The summed E-state index contributed by atoms with van der Waals surface area (Å²) in [6.45, 7) is 2.18. The van der Waals surface area contributed by atoms with Crippen LogP contribution < -0.4 is 10.9 Å². The fourth-order valence-corrected chi connectivity index (χ4v) is 3.03. The molecule has 0 aliphatic carbocycles. The number of amides is 1. The van der Waals surface area contributed by atoms with Crippen LogP contribution in [0.3, 0.4) is 0 Å². The Morgan fingerprint density at radius 3 is 2.68 bits per heavy atom. The van der Waals surface area contributed by atoms with Crippen molar-refractivity contribution < 1.29 is 4.79 Å². The first-order valence-corrected chi connectivity index (χ1v) is 8.95. The first kappa shape index (κ1) is 17.0. The molecular formula is C18H18N4O2S. The largest absolute Gasteiger partial charge is 0.296 e. The number of aryl methyl sites for hydroxylation is 1. The first-order chi connectivity index (χ1) is 12.2. The standard InChI is InChI=1S/C18H18N4O2S/c1-2-3-4-12-5-7-13(8-6-12)15-11-25-18(19-15)20-17(24)14-9-10-16(23)22-21-14/h5-11H,2-4H2,1H3,(H,22,23)(H,19,20,24). The summed E-state index contributed by atoms with van der Waals surface area (Å²) in [7, 11) is 0. The number of nitrogens with one attached hydrogen (secondary N) is 2. The van der Waals surface area contributed by atoms with Crippen LogP contribution in [0.15, 0.2) is 46.6 Å². The number of unbranched alkanes of at least 4 members (excludes halogenated alkanes) is 1. The lowest BCUT2D eigenvalue weighted by atomic mass is 10.1. The third-order valence-electron chi connectivity index (χ3n) is 3.71. The molecular weight excluding hydrogens is 336 g/mol. The fraction of sp³-hybridized carbons (Fsp3) is 0.222. The number of aromatic amines is 1. The molecule has 0 saturated heterocycles. The topological polar surface area (TPSA) is 87.7 Å². The Morgan fingerprint density at radius 1 is 1.20 bits per heavy atom. The molecule has 1 amide bonds. The van der Waals surface area contributed by atoms with Gasteiger partial charge in [-0.1, -0.05) is 37.6 Å². The molecule has 3 rings (SSSR count). The van der Waals surface area contributed by atoms with E-state index in [2.05, 4.69) is 51.7 Å². The van der Waals surface area contributed by atoms with Crippen LogP contribution in [0.5, 0.6) is 0 Å². The quantitative estimate of drug-likeness (QED) is 0.709. The predicted octanol–water partition coefficient (Wildman–Crippen LogP) is 3.49. The molecule has 2 heterocycles. The summed E-state index contributed by atoms with van der Waals surface area (Å²) in [6, 6.07) is 11.0. The summed E-state index contributed by atoms with van der Waals surface area (Å²) >= 11 is 1.35. The number of nitrogens with zero attached hydrogens (tertiary/aromatic N) is 2. The second-order valence-electron chi connectivity index (χ2n) is 5.60. The lowest BCUT2D eigenvalue weighted by Crippen LogP contribution is -2.17. The molecule has 0 bridgehead atoms. The number of carbonyl (C=O) groups excluding carboxylic acids is 1. The van der Waals surface area contributed by atoms with Crippen molar-refractivity contribution in [2.75, 3.05) is 5.32 Å². The molecule has 0 fully saturated rings. The lowest BCUT2D eigenvalue weighted by Gasteiger charge is -2.02. The van der Waals surface area contributed by atoms with Crippen molar-refractivity contribution in [3.63, 3.8) is 0 Å². The number of hydrogen-bond acceptors (Lipinski definition) is 5. The molecule has 25 heavy (non-hydrogen) atoms. The molecule has 0 atom stereocenters. The van der Waals surface area contributed by atoms with Crippen LogP contribution in [0.25, 0.3) is 11.3 Å². The number of carbonyl (C=O) groups is 1. The summed E-state index contributed by atoms with van der Waals surface area (Å²) in [4.78, 5) is 27.5. The molecule has 0 saturated carbocycles. The molecule has 3 aromatic rings. The van der Waals surface area contributed by atoms with Crippen molar-refractivity contribution >= 4 is 22.4 Å². The van der Waals surface area contributed by atoms with Gasteiger partial charge in [-0.05, 0) is 24.5 Å². The highest BCUT2D eigenvalue weighted by molar-refractivity contribution is 7.14. The van der Waals surface area contributed by atoms with Crippen LogP contribution in [0.4, 0.5) is 5.13 Å². The maximum Gasteiger partial charge on any atom is 0.277 e. The third-order valence-corrected chi connectivity index (χ3v) is 4.46. The lowest BCUT2D eigenvalue weighted by molar-refractivity contribution is 0.102. The van der Waals surface area contributed by atoms with E-state index in [0.29, 0.717) is 5.13 Å². The second kappa shape index (κ2) is 7.85. The number of thiazole rings is 1. The van der Waals surface area contributed by atoms with Crippen molar-refractivity contribution in [3.05, 3.63) is 63.4 Å². The second-order valence-corrected chi connectivity index (χ2v) is 6.46. The molecule has 7 heteroatoms. The van der Waals surface area contributed by atoms with Crippen LogP contribution in [-0.2, 0) is 6.42 Å². The van der Waals surface area contributed by atoms with E-state index in [4.69, 9.17) is 0 Å². The van der Waals surface area contributed by atoms with E-state index >= 15 is 0 Å². The van der Waals surface area contributed by atoms with Gasteiger partial charge in [0.15, 0.2) is 5.13 Å². The molecule has 1 aromatic carbocycles. The first-order valence-electron chi connectivity index (χ1n) is 8.07. The Hall–Kier alpha value is -2.80. The van der Waals surface area contributed by atoms with Gasteiger partial charge in [0.25, 0.3) is 11.5 Å². The van der Waals surface area contributed by atoms with E-state index in [1.165, 1.54) is 41.9 Å².